The Labute approximate surface area is 155 Å². The molecule has 26 heavy (non-hydrogen) atoms. The highest BCUT2D eigenvalue weighted by molar-refractivity contribution is 5.85. The molecule has 3 N–H and O–H groups in total. The summed E-state index contributed by atoms with van der Waals surface area (Å²) < 4.78 is 7.00. The number of halogens is 1. The van der Waals surface area contributed by atoms with Crippen molar-refractivity contribution >= 4 is 35.6 Å². The highest BCUT2D eigenvalue weighted by atomic mass is 35.5. The van der Waals surface area contributed by atoms with E-state index in [4.69, 9.17) is 10.3 Å². The lowest BCUT2D eigenvalue weighted by Gasteiger charge is -2.34. The molecule has 0 atom stereocenters. The Kier molecular flexibility index (Phi) is 4.72. The van der Waals surface area contributed by atoms with Gasteiger partial charge in [-0.2, -0.15) is 10.1 Å². The molecular formula is C17H21ClN6O2. The number of nitrogens with two attached hydrogens (primary N) is 1. The number of hydrogen-bond acceptors (Lipinski definition) is 6. The summed E-state index contributed by atoms with van der Waals surface area (Å²) in [7, 11) is 0. The number of fused-ring (bicyclic) bond motifs is 1. The van der Waals surface area contributed by atoms with E-state index in [9.17, 15) is 4.79 Å². The fourth-order valence-corrected chi connectivity index (χ4v) is 2.99. The first-order chi connectivity index (χ1) is 12.0. The quantitative estimate of drug-likeness (QED) is 0.723. The van der Waals surface area contributed by atoms with Gasteiger partial charge < -0.3 is 15.2 Å². The number of aromatic amines is 1. The zero-order valence-corrected chi connectivity index (χ0v) is 15.4. The van der Waals surface area contributed by atoms with Crippen LogP contribution in [0.25, 0.3) is 23.2 Å². The molecule has 3 aromatic heterocycles. The highest BCUT2D eigenvalue weighted by Gasteiger charge is 2.38. The molecule has 0 aromatic carbocycles. The van der Waals surface area contributed by atoms with Gasteiger partial charge in [0.05, 0.1) is 11.7 Å². The van der Waals surface area contributed by atoms with Crippen LogP contribution in [0.2, 0.25) is 0 Å². The molecule has 0 amide bonds. The first-order valence-electron chi connectivity index (χ1n) is 8.38. The number of hydrogen-bond donors (Lipinski definition) is 2. The molecule has 0 spiro atoms. The Hall–Kier alpha value is -2.45. The van der Waals surface area contributed by atoms with Gasteiger partial charge >= 0.3 is 0 Å². The molecule has 0 bridgehead atoms. The number of rotatable bonds is 4. The van der Waals surface area contributed by atoms with Gasteiger partial charge in [0.15, 0.2) is 5.82 Å². The van der Waals surface area contributed by atoms with Gasteiger partial charge in [-0.05, 0) is 45.3 Å². The molecule has 0 radical (unpaired) electrons. The standard InChI is InChI=1S/C17H20N6O2.ClH/c1-10(2)23-14-12(9-19-23)8-11(15(24)21-14)4-5-13-20-16(22-25-13)17(18)6-3-7-17;/h4-5,8-10H,3,6-7,18H2,1-2H3,(H,21,24);1H/b5-4+;. The molecule has 0 aliphatic heterocycles. The zero-order chi connectivity index (χ0) is 17.6. The van der Waals surface area contributed by atoms with Crippen LogP contribution in [0.3, 0.4) is 0 Å². The third-order valence-corrected chi connectivity index (χ3v) is 4.66. The van der Waals surface area contributed by atoms with Gasteiger partial charge in [-0.15, -0.1) is 12.4 Å². The Morgan fingerprint density at radius 1 is 1.38 bits per heavy atom. The van der Waals surface area contributed by atoms with E-state index in [-0.39, 0.29) is 24.0 Å². The second-order valence-corrected chi connectivity index (χ2v) is 6.84. The lowest BCUT2D eigenvalue weighted by Crippen LogP contribution is -2.44. The van der Waals surface area contributed by atoms with Crippen LogP contribution < -0.4 is 11.3 Å². The highest BCUT2D eigenvalue weighted by Crippen LogP contribution is 2.36. The molecule has 8 nitrogen and oxygen atoms in total. The van der Waals surface area contributed by atoms with E-state index < -0.39 is 5.54 Å². The maximum atomic E-state index is 12.3. The lowest BCUT2D eigenvalue weighted by atomic mass is 9.77. The number of aromatic nitrogens is 5. The van der Waals surface area contributed by atoms with Gasteiger partial charge in [0, 0.05) is 23.1 Å². The van der Waals surface area contributed by atoms with E-state index in [0.717, 1.165) is 24.6 Å². The summed E-state index contributed by atoms with van der Waals surface area (Å²) in [5.74, 6) is 0.866. The Morgan fingerprint density at radius 3 is 2.81 bits per heavy atom. The molecule has 1 saturated carbocycles. The fourth-order valence-electron chi connectivity index (χ4n) is 2.99. The minimum Gasteiger partial charge on any atom is -0.335 e. The third kappa shape index (κ3) is 3.06. The molecule has 1 aliphatic carbocycles. The largest absolute Gasteiger partial charge is 0.335 e. The second-order valence-electron chi connectivity index (χ2n) is 6.84. The van der Waals surface area contributed by atoms with Crippen LogP contribution in [0.15, 0.2) is 21.6 Å². The maximum Gasteiger partial charge on any atom is 0.256 e. The van der Waals surface area contributed by atoms with Gasteiger partial charge in [0.1, 0.15) is 5.65 Å². The zero-order valence-electron chi connectivity index (χ0n) is 14.6. The van der Waals surface area contributed by atoms with Crippen molar-refractivity contribution < 1.29 is 4.52 Å². The molecule has 138 valence electrons. The summed E-state index contributed by atoms with van der Waals surface area (Å²) in [4.78, 5) is 19.5. The molecule has 3 heterocycles. The first kappa shape index (κ1) is 18.3. The van der Waals surface area contributed by atoms with Crippen LogP contribution in [0.1, 0.15) is 56.4 Å². The van der Waals surface area contributed by atoms with Crippen LogP contribution in [0.5, 0.6) is 0 Å². The molecule has 0 unspecified atom stereocenters. The summed E-state index contributed by atoms with van der Waals surface area (Å²) in [6, 6.07) is 1.96. The number of nitrogens with one attached hydrogen (secondary N) is 1. The summed E-state index contributed by atoms with van der Waals surface area (Å²) in [5, 5.41) is 9.13. The van der Waals surface area contributed by atoms with E-state index >= 15 is 0 Å². The molecule has 9 heteroatoms. The average Bonchev–Trinajstić information content (AvgIpc) is 3.17. The van der Waals surface area contributed by atoms with Gasteiger partial charge in [-0.1, -0.05) is 5.16 Å². The predicted octanol–water partition coefficient (Wildman–Crippen LogP) is 2.62. The molecule has 4 rings (SSSR count). The number of nitrogens with zero attached hydrogens (tertiary/aromatic N) is 4. The summed E-state index contributed by atoms with van der Waals surface area (Å²) >= 11 is 0. The Bertz CT molecular complexity index is 1010. The average molecular weight is 377 g/mol. The first-order valence-corrected chi connectivity index (χ1v) is 8.38. The number of H-pyrrole nitrogens is 1. The topological polar surface area (TPSA) is 116 Å². The second kappa shape index (κ2) is 6.69. The van der Waals surface area contributed by atoms with Crippen molar-refractivity contribution in [1.82, 2.24) is 24.9 Å². The van der Waals surface area contributed by atoms with Crippen molar-refractivity contribution in [2.24, 2.45) is 5.73 Å². The van der Waals surface area contributed by atoms with Gasteiger partial charge in [0.2, 0.25) is 0 Å². The van der Waals surface area contributed by atoms with Crippen LogP contribution in [0.4, 0.5) is 0 Å². The molecular weight excluding hydrogens is 356 g/mol. The van der Waals surface area contributed by atoms with Crippen molar-refractivity contribution in [2.75, 3.05) is 0 Å². The van der Waals surface area contributed by atoms with E-state index in [0.29, 0.717) is 22.9 Å². The monoisotopic (exact) mass is 376 g/mol. The molecule has 1 aliphatic rings. The molecule has 1 fully saturated rings. The van der Waals surface area contributed by atoms with Gasteiger partial charge in [-0.25, -0.2) is 4.68 Å². The third-order valence-electron chi connectivity index (χ3n) is 4.66. The smallest absolute Gasteiger partial charge is 0.256 e. The van der Waals surface area contributed by atoms with E-state index in [2.05, 4.69) is 20.2 Å². The summed E-state index contributed by atoms with van der Waals surface area (Å²) in [5.41, 5.74) is 6.75. The van der Waals surface area contributed by atoms with E-state index in [1.807, 2.05) is 13.8 Å². The van der Waals surface area contributed by atoms with Crippen LogP contribution >= 0.6 is 12.4 Å². The van der Waals surface area contributed by atoms with Crippen LogP contribution in [-0.4, -0.2) is 24.9 Å². The minimum atomic E-state index is -0.461. The molecule has 3 aromatic rings. The Balaban J connectivity index is 0.00000196. The van der Waals surface area contributed by atoms with E-state index in [1.165, 1.54) is 0 Å². The Morgan fingerprint density at radius 2 is 2.15 bits per heavy atom. The van der Waals surface area contributed by atoms with Crippen molar-refractivity contribution in [2.45, 2.75) is 44.7 Å². The van der Waals surface area contributed by atoms with Crippen molar-refractivity contribution in [1.29, 1.82) is 0 Å². The van der Waals surface area contributed by atoms with Crippen molar-refractivity contribution in [3.05, 3.63) is 39.9 Å². The molecule has 0 saturated heterocycles. The van der Waals surface area contributed by atoms with Gasteiger partial charge in [0.25, 0.3) is 11.4 Å². The minimum absolute atomic E-state index is 0. The van der Waals surface area contributed by atoms with E-state index in [1.54, 1.807) is 29.1 Å². The maximum absolute atomic E-state index is 12.3. The normalized spacial score (nSPS) is 16.2. The predicted molar refractivity (Wildman–Crippen MR) is 101 cm³/mol. The fraction of sp³-hybridized carbons (Fsp3) is 0.412. The SMILES string of the molecule is CC(C)n1ncc2cc(/C=C/c3nc(C4(N)CCC4)no3)c(=O)[nH]c21.Cl. The van der Waals surface area contributed by atoms with Crippen LogP contribution in [0, 0.1) is 0 Å². The summed E-state index contributed by atoms with van der Waals surface area (Å²) in [6.45, 7) is 4.02. The number of pyridine rings is 1. The lowest BCUT2D eigenvalue weighted by molar-refractivity contribution is 0.229. The van der Waals surface area contributed by atoms with Crippen molar-refractivity contribution in [3.63, 3.8) is 0 Å². The summed E-state index contributed by atoms with van der Waals surface area (Å²) in [6.07, 6.45) is 7.84. The van der Waals surface area contributed by atoms with Crippen molar-refractivity contribution in [3.8, 4) is 0 Å². The van der Waals surface area contributed by atoms with Crippen LogP contribution in [-0.2, 0) is 5.54 Å². The van der Waals surface area contributed by atoms with Gasteiger partial charge in [-0.3, -0.25) is 4.79 Å².